The number of amidine groups is 1. The molecule has 0 bridgehead atoms. The average molecular weight is 301 g/mol. The summed E-state index contributed by atoms with van der Waals surface area (Å²) in [5.74, 6) is 0.734. The summed E-state index contributed by atoms with van der Waals surface area (Å²) in [7, 11) is 1.61. The summed E-state index contributed by atoms with van der Waals surface area (Å²) in [6.45, 7) is 2.49. The maximum Gasteiger partial charge on any atom is 0.416 e. The van der Waals surface area contributed by atoms with Crippen LogP contribution in [0.25, 0.3) is 0 Å². The largest absolute Gasteiger partial charge is 0.416 e. The van der Waals surface area contributed by atoms with Crippen LogP contribution in [-0.4, -0.2) is 39.2 Å². The highest BCUT2D eigenvalue weighted by Crippen LogP contribution is 2.30. The molecule has 0 aromatic heterocycles. The number of hydrogen-bond donors (Lipinski definition) is 2. The van der Waals surface area contributed by atoms with Gasteiger partial charge in [0, 0.05) is 20.2 Å². The maximum absolute atomic E-state index is 12.6. The molecular formula is C14H18F3N3O. The van der Waals surface area contributed by atoms with Crippen LogP contribution in [-0.2, 0) is 10.9 Å². The van der Waals surface area contributed by atoms with Crippen LogP contribution in [0.1, 0.15) is 17.2 Å². The van der Waals surface area contributed by atoms with Gasteiger partial charge in [-0.1, -0.05) is 12.1 Å². The molecule has 2 N–H and O–H groups in total. The van der Waals surface area contributed by atoms with Crippen LogP contribution in [0, 0.1) is 0 Å². The first-order valence-corrected chi connectivity index (χ1v) is 6.70. The van der Waals surface area contributed by atoms with E-state index in [2.05, 4.69) is 15.6 Å². The van der Waals surface area contributed by atoms with Crippen LogP contribution in [0.3, 0.4) is 0 Å². The highest BCUT2D eigenvalue weighted by atomic mass is 19.4. The van der Waals surface area contributed by atoms with Crippen molar-refractivity contribution in [2.45, 2.75) is 12.2 Å². The van der Waals surface area contributed by atoms with Crippen LogP contribution in [0.4, 0.5) is 13.2 Å². The second-order valence-corrected chi connectivity index (χ2v) is 4.69. The first-order valence-electron chi connectivity index (χ1n) is 6.70. The minimum absolute atomic E-state index is 0.210. The van der Waals surface area contributed by atoms with E-state index in [1.54, 1.807) is 7.11 Å². The molecule has 0 aliphatic carbocycles. The molecule has 0 saturated carbocycles. The van der Waals surface area contributed by atoms with E-state index < -0.39 is 11.7 Å². The van der Waals surface area contributed by atoms with E-state index >= 15 is 0 Å². The minimum atomic E-state index is -4.31. The van der Waals surface area contributed by atoms with E-state index in [0.29, 0.717) is 26.2 Å². The van der Waals surface area contributed by atoms with Gasteiger partial charge in [-0.15, -0.1) is 0 Å². The zero-order valence-corrected chi connectivity index (χ0v) is 11.7. The number of nitrogens with one attached hydrogen (secondary N) is 2. The number of halogens is 3. The molecule has 7 heteroatoms. The molecular weight excluding hydrogens is 283 g/mol. The third-order valence-corrected chi connectivity index (χ3v) is 3.20. The summed E-state index contributed by atoms with van der Waals surface area (Å²) in [6, 6.07) is 4.95. The van der Waals surface area contributed by atoms with Gasteiger partial charge in [0.2, 0.25) is 0 Å². The molecule has 0 radical (unpaired) electrons. The van der Waals surface area contributed by atoms with Crippen LogP contribution >= 0.6 is 0 Å². The Kier molecular flexibility index (Phi) is 5.19. The maximum atomic E-state index is 12.6. The summed E-state index contributed by atoms with van der Waals surface area (Å²) >= 11 is 0. The lowest BCUT2D eigenvalue weighted by atomic mass is 10.0. The zero-order valence-electron chi connectivity index (χ0n) is 11.7. The summed E-state index contributed by atoms with van der Waals surface area (Å²) in [6.07, 6.45) is -4.31. The first-order chi connectivity index (χ1) is 10.0. The monoisotopic (exact) mass is 301 g/mol. The Bertz CT molecular complexity index is 485. The molecule has 21 heavy (non-hydrogen) atoms. The molecule has 1 aliphatic heterocycles. The van der Waals surface area contributed by atoms with Crippen LogP contribution in [0.15, 0.2) is 29.3 Å². The Balaban J connectivity index is 2.11. The molecule has 1 aromatic rings. The second kappa shape index (κ2) is 6.91. The Labute approximate surface area is 121 Å². The third kappa shape index (κ3) is 4.18. The lowest BCUT2D eigenvalue weighted by Gasteiger charge is -2.26. The number of rotatable bonds is 4. The van der Waals surface area contributed by atoms with E-state index in [0.717, 1.165) is 23.5 Å². The van der Waals surface area contributed by atoms with Crippen LogP contribution < -0.4 is 10.6 Å². The fraction of sp³-hybridized carbons (Fsp3) is 0.500. The SMILES string of the molecule is COCCNC1=NCCNC1c1ccc(C(F)(F)F)cc1. The van der Waals surface area contributed by atoms with E-state index in [-0.39, 0.29) is 6.04 Å². The Morgan fingerprint density at radius 1 is 1.33 bits per heavy atom. The number of methoxy groups -OCH3 is 1. The molecule has 1 aromatic carbocycles. The van der Waals surface area contributed by atoms with Gasteiger partial charge in [-0.3, -0.25) is 4.99 Å². The van der Waals surface area contributed by atoms with Gasteiger partial charge in [-0.05, 0) is 17.7 Å². The van der Waals surface area contributed by atoms with Gasteiger partial charge in [0.25, 0.3) is 0 Å². The molecule has 4 nitrogen and oxygen atoms in total. The number of benzene rings is 1. The van der Waals surface area contributed by atoms with Crippen LogP contribution in [0.5, 0.6) is 0 Å². The van der Waals surface area contributed by atoms with Gasteiger partial charge in [-0.25, -0.2) is 0 Å². The number of hydrogen-bond acceptors (Lipinski definition) is 4. The van der Waals surface area contributed by atoms with Gasteiger partial charge < -0.3 is 15.4 Å². The van der Waals surface area contributed by atoms with Crippen molar-refractivity contribution in [2.24, 2.45) is 4.99 Å². The molecule has 1 aliphatic rings. The van der Waals surface area contributed by atoms with Crippen molar-refractivity contribution < 1.29 is 17.9 Å². The fourth-order valence-corrected chi connectivity index (χ4v) is 2.15. The number of nitrogens with zero attached hydrogens (tertiary/aromatic N) is 1. The molecule has 1 atom stereocenters. The average Bonchev–Trinajstić information content (AvgIpc) is 2.47. The van der Waals surface area contributed by atoms with Crippen molar-refractivity contribution in [1.82, 2.24) is 10.6 Å². The molecule has 116 valence electrons. The molecule has 2 rings (SSSR count). The first kappa shape index (κ1) is 15.8. The number of alkyl halides is 3. The van der Waals surface area contributed by atoms with E-state index in [9.17, 15) is 13.2 Å². The van der Waals surface area contributed by atoms with Crippen molar-refractivity contribution in [3.8, 4) is 0 Å². The van der Waals surface area contributed by atoms with Gasteiger partial charge in [0.05, 0.1) is 24.8 Å². The number of ether oxygens (including phenoxy) is 1. The summed E-state index contributed by atoms with van der Waals surface area (Å²) < 4.78 is 42.7. The van der Waals surface area contributed by atoms with Gasteiger partial charge in [-0.2, -0.15) is 13.2 Å². The van der Waals surface area contributed by atoms with Gasteiger partial charge >= 0.3 is 6.18 Å². The predicted octanol–water partition coefficient (Wildman–Crippen LogP) is 1.98. The highest BCUT2D eigenvalue weighted by Gasteiger charge is 2.30. The van der Waals surface area contributed by atoms with E-state index in [4.69, 9.17) is 4.74 Å². The number of aliphatic imine (C=N–C) groups is 1. The van der Waals surface area contributed by atoms with Crippen molar-refractivity contribution in [3.63, 3.8) is 0 Å². The minimum Gasteiger partial charge on any atom is -0.383 e. The standard InChI is InChI=1S/C14H18F3N3O/c1-21-9-8-20-13-12(18-6-7-19-13)10-2-4-11(5-3-10)14(15,16)17/h2-5,12,18H,6-9H2,1H3,(H,19,20). The van der Waals surface area contributed by atoms with E-state index in [1.165, 1.54) is 12.1 Å². The van der Waals surface area contributed by atoms with Crippen molar-refractivity contribution in [2.75, 3.05) is 33.4 Å². The molecule has 0 fully saturated rings. The Morgan fingerprint density at radius 2 is 2.05 bits per heavy atom. The van der Waals surface area contributed by atoms with Crippen molar-refractivity contribution in [3.05, 3.63) is 35.4 Å². The smallest absolute Gasteiger partial charge is 0.383 e. The van der Waals surface area contributed by atoms with Crippen LogP contribution in [0.2, 0.25) is 0 Å². The highest BCUT2D eigenvalue weighted by molar-refractivity contribution is 5.89. The zero-order chi connectivity index (χ0) is 15.3. The molecule has 0 amide bonds. The Hall–Kier alpha value is -1.60. The molecule has 0 saturated heterocycles. The molecule has 1 unspecified atom stereocenters. The van der Waals surface area contributed by atoms with Crippen molar-refractivity contribution >= 4 is 5.84 Å². The lowest BCUT2D eigenvalue weighted by molar-refractivity contribution is -0.137. The van der Waals surface area contributed by atoms with Gasteiger partial charge in [0.15, 0.2) is 0 Å². The fourth-order valence-electron chi connectivity index (χ4n) is 2.15. The quantitative estimate of drug-likeness (QED) is 0.836. The predicted molar refractivity (Wildman–Crippen MR) is 74.4 cm³/mol. The molecule has 1 heterocycles. The summed E-state index contributed by atoms with van der Waals surface area (Å²) in [5.41, 5.74) is 0.110. The van der Waals surface area contributed by atoms with Gasteiger partial charge in [0.1, 0.15) is 5.84 Å². The van der Waals surface area contributed by atoms with Crippen molar-refractivity contribution in [1.29, 1.82) is 0 Å². The second-order valence-electron chi connectivity index (χ2n) is 4.69. The topological polar surface area (TPSA) is 45.6 Å². The molecule has 0 spiro atoms. The lowest BCUT2D eigenvalue weighted by Crippen LogP contribution is -2.43. The van der Waals surface area contributed by atoms with E-state index in [1.807, 2.05) is 0 Å². The Morgan fingerprint density at radius 3 is 2.67 bits per heavy atom. The third-order valence-electron chi connectivity index (χ3n) is 3.20. The summed E-state index contributed by atoms with van der Waals surface area (Å²) in [5, 5.41) is 6.41. The normalized spacial score (nSPS) is 19.2. The summed E-state index contributed by atoms with van der Waals surface area (Å²) in [4.78, 5) is 4.40.